The predicted molar refractivity (Wildman–Crippen MR) is 72.3 cm³/mol. The molecule has 3 nitrogen and oxygen atoms in total. The number of hydrogen-bond acceptors (Lipinski definition) is 3. The molecule has 0 aliphatic rings. The highest BCUT2D eigenvalue weighted by Gasteiger charge is 2.20. The average Bonchev–Trinajstić information content (AvgIpc) is 2.27. The molecule has 17 heavy (non-hydrogen) atoms. The Balaban J connectivity index is 3.19. The van der Waals surface area contributed by atoms with Crippen LogP contribution in [0.25, 0.3) is 0 Å². The molecule has 1 rings (SSSR count). The average molecular weight is 236 g/mol. The van der Waals surface area contributed by atoms with Gasteiger partial charge in [-0.05, 0) is 35.6 Å². The first-order valence-electron chi connectivity index (χ1n) is 6.13. The fourth-order valence-electron chi connectivity index (χ4n) is 1.78. The molecular formula is C14H24N2O. The SMILES string of the molecule is CCOc1ccc(C(N)CN)cc1C(C)(C)C. The molecule has 1 aromatic carbocycles. The van der Waals surface area contributed by atoms with Gasteiger partial charge in [-0.2, -0.15) is 0 Å². The van der Waals surface area contributed by atoms with Crippen LogP contribution in [0.4, 0.5) is 0 Å². The van der Waals surface area contributed by atoms with Gasteiger partial charge >= 0.3 is 0 Å². The van der Waals surface area contributed by atoms with E-state index in [1.54, 1.807) is 0 Å². The van der Waals surface area contributed by atoms with Crippen LogP contribution in [0, 0.1) is 0 Å². The molecule has 0 aliphatic heterocycles. The molecule has 1 aromatic rings. The molecule has 3 heteroatoms. The number of ether oxygens (including phenoxy) is 1. The first-order chi connectivity index (χ1) is 7.90. The second-order valence-corrected chi connectivity index (χ2v) is 5.28. The first kappa shape index (κ1) is 14.0. The van der Waals surface area contributed by atoms with Gasteiger partial charge in [0.15, 0.2) is 0 Å². The Labute approximate surface area is 104 Å². The van der Waals surface area contributed by atoms with Crippen LogP contribution < -0.4 is 16.2 Å². The highest BCUT2D eigenvalue weighted by Crippen LogP contribution is 2.33. The summed E-state index contributed by atoms with van der Waals surface area (Å²) < 4.78 is 5.66. The smallest absolute Gasteiger partial charge is 0.123 e. The Bertz CT molecular complexity index is 369. The van der Waals surface area contributed by atoms with Crippen LogP contribution in [0.15, 0.2) is 18.2 Å². The van der Waals surface area contributed by atoms with Gasteiger partial charge in [0.2, 0.25) is 0 Å². The van der Waals surface area contributed by atoms with Crippen molar-refractivity contribution in [1.82, 2.24) is 0 Å². The van der Waals surface area contributed by atoms with E-state index in [0.717, 1.165) is 11.3 Å². The summed E-state index contributed by atoms with van der Waals surface area (Å²) in [6, 6.07) is 6.00. The number of rotatable bonds is 4. The third-order valence-electron chi connectivity index (χ3n) is 2.79. The fourth-order valence-corrected chi connectivity index (χ4v) is 1.78. The van der Waals surface area contributed by atoms with Crippen molar-refractivity contribution in [2.75, 3.05) is 13.2 Å². The Morgan fingerprint density at radius 2 is 1.94 bits per heavy atom. The molecule has 0 saturated heterocycles. The molecule has 0 fully saturated rings. The molecule has 0 spiro atoms. The van der Waals surface area contributed by atoms with E-state index in [-0.39, 0.29) is 11.5 Å². The fraction of sp³-hybridized carbons (Fsp3) is 0.571. The molecule has 0 heterocycles. The molecule has 0 saturated carbocycles. The summed E-state index contributed by atoms with van der Waals surface area (Å²) >= 11 is 0. The van der Waals surface area contributed by atoms with Crippen molar-refractivity contribution in [1.29, 1.82) is 0 Å². The molecule has 0 bridgehead atoms. The lowest BCUT2D eigenvalue weighted by atomic mass is 9.84. The van der Waals surface area contributed by atoms with Crippen LogP contribution in [0.3, 0.4) is 0 Å². The van der Waals surface area contributed by atoms with Crippen molar-refractivity contribution in [2.45, 2.75) is 39.2 Å². The minimum atomic E-state index is -0.105. The molecule has 4 N–H and O–H groups in total. The van der Waals surface area contributed by atoms with Crippen LogP contribution >= 0.6 is 0 Å². The Morgan fingerprint density at radius 3 is 2.41 bits per heavy atom. The van der Waals surface area contributed by atoms with Gasteiger partial charge in [0.25, 0.3) is 0 Å². The largest absolute Gasteiger partial charge is 0.494 e. The second kappa shape index (κ2) is 5.52. The molecule has 0 amide bonds. The van der Waals surface area contributed by atoms with Gasteiger partial charge in [-0.1, -0.05) is 26.8 Å². The highest BCUT2D eigenvalue weighted by atomic mass is 16.5. The lowest BCUT2D eigenvalue weighted by Gasteiger charge is -2.24. The third-order valence-corrected chi connectivity index (χ3v) is 2.79. The van der Waals surface area contributed by atoms with Crippen molar-refractivity contribution in [3.05, 3.63) is 29.3 Å². The third kappa shape index (κ3) is 3.45. The maximum absolute atomic E-state index is 5.96. The van der Waals surface area contributed by atoms with Crippen molar-refractivity contribution >= 4 is 0 Å². The minimum Gasteiger partial charge on any atom is -0.494 e. The summed E-state index contributed by atoms with van der Waals surface area (Å²) in [5.41, 5.74) is 13.9. The summed E-state index contributed by atoms with van der Waals surface area (Å²) in [7, 11) is 0. The predicted octanol–water partition coefficient (Wildman–Crippen LogP) is 2.34. The zero-order chi connectivity index (χ0) is 13.1. The van der Waals surface area contributed by atoms with Gasteiger partial charge in [-0.3, -0.25) is 0 Å². The molecule has 0 aliphatic carbocycles. The Kier molecular flexibility index (Phi) is 4.54. The van der Waals surface area contributed by atoms with Crippen LogP contribution in [-0.2, 0) is 5.41 Å². The van der Waals surface area contributed by atoms with Crippen molar-refractivity contribution < 1.29 is 4.74 Å². The standard InChI is InChI=1S/C14H24N2O/c1-5-17-13-7-6-10(12(16)9-15)8-11(13)14(2,3)4/h6-8,12H,5,9,15-16H2,1-4H3. The molecule has 0 radical (unpaired) electrons. The van der Waals surface area contributed by atoms with E-state index < -0.39 is 0 Å². The van der Waals surface area contributed by atoms with E-state index in [2.05, 4.69) is 26.8 Å². The zero-order valence-electron chi connectivity index (χ0n) is 11.3. The van der Waals surface area contributed by atoms with Gasteiger partial charge in [0, 0.05) is 12.6 Å². The molecule has 96 valence electrons. The minimum absolute atomic E-state index is 0.0365. The highest BCUT2D eigenvalue weighted by molar-refractivity contribution is 5.42. The monoisotopic (exact) mass is 236 g/mol. The summed E-state index contributed by atoms with van der Waals surface area (Å²) in [6.45, 7) is 9.63. The van der Waals surface area contributed by atoms with Crippen molar-refractivity contribution in [3.63, 3.8) is 0 Å². The first-order valence-corrected chi connectivity index (χ1v) is 6.13. The van der Waals surface area contributed by atoms with Gasteiger partial charge < -0.3 is 16.2 Å². The van der Waals surface area contributed by atoms with Crippen LogP contribution in [0.5, 0.6) is 5.75 Å². The van der Waals surface area contributed by atoms with E-state index in [4.69, 9.17) is 16.2 Å². The van der Waals surface area contributed by atoms with Crippen LogP contribution in [-0.4, -0.2) is 13.2 Å². The van der Waals surface area contributed by atoms with E-state index >= 15 is 0 Å². The molecule has 1 atom stereocenters. The quantitative estimate of drug-likeness (QED) is 0.843. The summed E-state index contributed by atoms with van der Waals surface area (Å²) in [5.74, 6) is 0.938. The molecule has 1 unspecified atom stereocenters. The Hall–Kier alpha value is -1.06. The van der Waals surface area contributed by atoms with E-state index in [1.807, 2.05) is 19.1 Å². The van der Waals surface area contributed by atoms with E-state index in [1.165, 1.54) is 5.56 Å². The van der Waals surface area contributed by atoms with Crippen molar-refractivity contribution in [3.8, 4) is 5.75 Å². The van der Waals surface area contributed by atoms with Gasteiger partial charge in [0.05, 0.1) is 6.61 Å². The summed E-state index contributed by atoms with van der Waals surface area (Å²) in [6.07, 6.45) is 0. The number of hydrogen-bond donors (Lipinski definition) is 2. The van der Waals surface area contributed by atoms with Crippen LogP contribution in [0.1, 0.15) is 44.9 Å². The number of nitrogens with two attached hydrogens (primary N) is 2. The maximum atomic E-state index is 5.96. The lowest BCUT2D eigenvalue weighted by Crippen LogP contribution is -2.22. The lowest BCUT2D eigenvalue weighted by molar-refractivity contribution is 0.329. The van der Waals surface area contributed by atoms with Crippen molar-refractivity contribution in [2.24, 2.45) is 11.5 Å². The molecular weight excluding hydrogens is 212 g/mol. The molecule has 0 aromatic heterocycles. The zero-order valence-corrected chi connectivity index (χ0v) is 11.3. The Morgan fingerprint density at radius 1 is 1.29 bits per heavy atom. The summed E-state index contributed by atoms with van der Waals surface area (Å²) in [5, 5.41) is 0. The maximum Gasteiger partial charge on any atom is 0.123 e. The van der Waals surface area contributed by atoms with Gasteiger partial charge in [-0.25, -0.2) is 0 Å². The van der Waals surface area contributed by atoms with E-state index in [9.17, 15) is 0 Å². The normalized spacial score (nSPS) is 13.5. The van der Waals surface area contributed by atoms with Gasteiger partial charge in [0.1, 0.15) is 5.75 Å². The number of benzene rings is 1. The van der Waals surface area contributed by atoms with Crippen LogP contribution in [0.2, 0.25) is 0 Å². The summed E-state index contributed by atoms with van der Waals surface area (Å²) in [4.78, 5) is 0. The van der Waals surface area contributed by atoms with Gasteiger partial charge in [-0.15, -0.1) is 0 Å². The second-order valence-electron chi connectivity index (χ2n) is 5.28. The van der Waals surface area contributed by atoms with E-state index in [0.29, 0.717) is 13.2 Å². The topological polar surface area (TPSA) is 61.3 Å².